The average molecular weight is 440 g/mol. The Balaban J connectivity index is 1.27. The summed E-state index contributed by atoms with van der Waals surface area (Å²) >= 11 is 6.03. The second-order valence-corrected chi connectivity index (χ2v) is 8.97. The molecule has 1 saturated carbocycles. The minimum absolute atomic E-state index is 0.0372. The molecule has 0 radical (unpaired) electrons. The monoisotopic (exact) mass is 439 g/mol. The van der Waals surface area contributed by atoms with E-state index in [1.54, 1.807) is 0 Å². The van der Waals surface area contributed by atoms with Crippen molar-refractivity contribution in [3.05, 3.63) is 70.7 Å². The van der Waals surface area contributed by atoms with Crippen LogP contribution in [0, 0.1) is 11.8 Å². The minimum atomic E-state index is -0.221. The third kappa shape index (κ3) is 4.06. The number of carbonyl (C=O) groups is 2. The molecule has 2 saturated heterocycles. The summed E-state index contributed by atoms with van der Waals surface area (Å²) in [6.45, 7) is 0.523. The molecule has 2 heterocycles. The maximum absolute atomic E-state index is 12.9. The van der Waals surface area contributed by atoms with Crippen molar-refractivity contribution in [3.8, 4) is 0 Å². The molecule has 0 bridgehead atoms. The van der Waals surface area contributed by atoms with Crippen molar-refractivity contribution in [1.82, 2.24) is 26.6 Å². The number of halogens is 1. The van der Waals surface area contributed by atoms with Crippen LogP contribution in [0.1, 0.15) is 36.4 Å². The Bertz CT molecular complexity index is 954. The smallest absolute Gasteiger partial charge is 0.226 e. The van der Waals surface area contributed by atoms with E-state index < -0.39 is 0 Å². The molecule has 162 valence electrons. The van der Waals surface area contributed by atoms with Crippen molar-refractivity contribution in [1.29, 1.82) is 0 Å². The highest BCUT2D eigenvalue weighted by molar-refractivity contribution is 6.30. The summed E-state index contributed by atoms with van der Waals surface area (Å²) in [7, 11) is 0. The lowest BCUT2D eigenvalue weighted by molar-refractivity contribution is -0.143. The molecule has 7 nitrogen and oxygen atoms in total. The number of fused-ring (bicyclic) bond motifs is 3. The van der Waals surface area contributed by atoms with Crippen LogP contribution in [0.4, 0.5) is 0 Å². The van der Waals surface area contributed by atoms with Gasteiger partial charge in [0.25, 0.3) is 0 Å². The van der Waals surface area contributed by atoms with Gasteiger partial charge in [-0.3, -0.25) is 9.59 Å². The molecule has 1 aliphatic carbocycles. The predicted molar refractivity (Wildman–Crippen MR) is 117 cm³/mol. The van der Waals surface area contributed by atoms with Gasteiger partial charge in [-0.1, -0.05) is 54.1 Å². The van der Waals surface area contributed by atoms with Crippen molar-refractivity contribution < 1.29 is 9.59 Å². The topological polar surface area (TPSA) is 85.5 Å². The van der Waals surface area contributed by atoms with Gasteiger partial charge in [-0.05, 0) is 42.5 Å². The second kappa shape index (κ2) is 8.59. The number of carbonyl (C=O) groups excluding carboxylic acids is 2. The molecule has 3 fully saturated rings. The summed E-state index contributed by atoms with van der Waals surface area (Å²) in [6, 6.07) is 17.4. The van der Waals surface area contributed by atoms with Crippen molar-refractivity contribution in [3.63, 3.8) is 0 Å². The summed E-state index contributed by atoms with van der Waals surface area (Å²) in [6.07, 6.45) is 1.86. The number of nitrogens with one attached hydrogen (secondary N) is 4. The van der Waals surface area contributed by atoms with Gasteiger partial charge in [0, 0.05) is 23.5 Å². The third-order valence-electron chi connectivity index (χ3n) is 6.67. The average Bonchev–Trinajstić information content (AvgIpc) is 3.22. The van der Waals surface area contributed by atoms with E-state index in [4.69, 9.17) is 11.6 Å². The molecule has 2 aliphatic heterocycles. The highest BCUT2D eigenvalue weighted by atomic mass is 35.5. The van der Waals surface area contributed by atoms with Gasteiger partial charge in [0.05, 0.1) is 12.0 Å². The molecule has 0 aromatic heterocycles. The molecule has 5 unspecified atom stereocenters. The lowest BCUT2D eigenvalue weighted by Gasteiger charge is -2.46. The first-order valence-electron chi connectivity index (χ1n) is 10.8. The van der Waals surface area contributed by atoms with Crippen molar-refractivity contribution in [2.45, 2.75) is 44.1 Å². The SMILES string of the molecule is O=C(NCc1ccccc1)C1CCC2C(=O)NC3C(c4ccc(Cl)cc4)NNN3C2C1. The van der Waals surface area contributed by atoms with Gasteiger partial charge < -0.3 is 10.6 Å². The molecule has 5 rings (SSSR count). The van der Waals surface area contributed by atoms with Gasteiger partial charge in [-0.25, -0.2) is 10.4 Å². The summed E-state index contributed by atoms with van der Waals surface area (Å²) in [5.74, 6) is -0.0920. The van der Waals surface area contributed by atoms with Gasteiger partial charge in [-0.15, -0.1) is 0 Å². The Kier molecular flexibility index (Phi) is 5.67. The Morgan fingerprint density at radius 1 is 1.10 bits per heavy atom. The Morgan fingerprint density at radius 3 is 2.65 bits per heavy atom. The van der Waals surface area contributed by atoms with E-state index >= 15 is 0 Å². The molecular formula is C23H26ClN5O2. The largest absolute Gasteiger partial charge is 0.352 e. The molecular weight excluding hydrogens is 414 g/mol. The Labute approximate surface area is 186 Å². The zero-order chi connectivity index (χ0) is 21.4. The fourth-order valence-corrected chi connectivity index (χ4v) is 5.14. The maximum Gasteiger partial charge on any atom is 0.226 e. The molecule has 4 N–H and O–H groups in total. The Morgan fingerprint density at radius 2 is 1.87 bits per heavy atom. The van der Waals surface area contributed by atoms with Gasteiger partial charge in [-0.2, -0.15) is 5.53 Å². The van der Waals surface area contributed by atoms with Crippen molar-refractivity contribution >= 4 is 23.4 Å². The van der Waals surface area contributed by atoms with Crippen LogP contribution in [0.5, 0.6) is 0 Å². The number of hydrogen-bond donors (Lipinski definition) is 4. The number of nitrogens with zero attached hydrogens (tertiary/aromatic N) is 1. The first kappa shape index (κ1) is 20.5. The molecule has 0 spiro atoms. The van der Waals surface area contributed by atoms with Gasteiger partial charge in [0.2, 0.25) is 11.8 Å². The van der Waals surface area contributed by atoms with Gasteiger partial charge in [0.15, 0.2) is 0 Å². The van der Waals surface area contributed by atoms with Crippen LogP contribution in [0.25, 0.3) is 0 Å². The van der Waals surface area contributed by atoms with E-state index in [0.717, 1.165) is 17.5 Å². The van der Waals surface area contributed by atoms with Crippen LogP contribution in [0.15, 0.2) is 54.6 Å². The molecule has 5 atom stereocenters. The van der Waals surface area contributed by atoms with Crippen molar-refractivity contribution in [2.75, 3.05) is 0 Å². The second-order valence-electron chi connectivity index (χ2n) is 8.53. The zero-order valence-corrected chi connectivity index (χ0v) is 17.8. The number of rotatable bonds is 4. The minimum Gasteiger partial charge on any atom is -0.352 e. The van der Waals surface area contributed by atoms with E-state index in [9.17, 15) is 9.59 Å². The maximum atomic E-state index is 12.9. The third-order valence-corrected chi connectivity index (χ3v) is 6.93. The van der Waals surface area contributed by atoms with Crippen LogP contribution in [-0.4, -0.2) is 29.0 Å². The van der Waals surface area contributed by atoms with E-state index in [1.165, 1.54) is 0 Å². The summed E-state index contributed by atoms with van der Waals surface area (Å²) in [5, 5.41) is 8.99. The number of hydrogen-bond acceptors (Lipinski definition) is 5. The first-order valence-corrected chi connectivity index (χ1v) is 11.1. The van der Waals surface area contributed by atoms with E-state index in [1.807, 2.05) is 54.6 Å². The lowest BCUT2D eigenvalue weighted by atomic mass is 9.75. The molecule has 31 heavy (non-hydrogen) atoms. The quantitative estimate of drug-likeness (QED) is 0.587. The summed E-state index contributed by atoms with van der Waals surface area (Å²) in [4.78, 5) is 25.7. The fourth-order valence-electron chi connectivity index (χ4n) is 5.01. The van der Waals surface area contributed by atoms with E-state index in [0.29, 0.717) is 24.4 Å². The van der Waals surface area contributed by atoms with Crippen LogP contribution >= 0.6 is 11.6 Å². The fraction of sp³-hybridized carbons (Fsp3) is 0.391. The molecule has 2 amide bonds. The van der Waals surface area contributed by atoms with E-state index in [2.05, 4.69) is 26.6 Å². The first-order chi connectivity index (χ1) is 15.1. The standard InChI is InChI=1S/C23H26ClN5O2/c24-17-9-6-15(7-10-17)20-21-26-23(31)18-11-8-16(12-19(18)29(21)28-27-20)22(30)25-13-14-4-2-1-3-5-14/h1-7,9-10,16,18-21,27-28H,8,11-13H2,(H,25,30)(H,26,31). The number of hydrazine groups is 2. The zero-order valence-electron chi connectivity index (χ0n) is 17.1. The number of benzene rings is 2. The van der Waals surface area contributed by atoms with Crippen LogP contribution in [-0.2, 0) is 16.1 Å². The summed E-state index contributed by atoms with van der Waals surface area (Å²) in [5.41, 5.74) is 8.68. The van der Waals surface area contributed by atoms with Crippen molar-refractivity contribution in [2.24, 2.45) is 11.8 Å². The molecule has 3 aliphatic rings. The van der Waals surface area contributed by atoms with Crippen LogP contribution in [0.3, 0.4) is 0 Å². The van der Waals surface area contributed by atoms with Crippen LogP contribution < -0.4 is 21.6 Å². The lowest BCUT2D eigenvalue weighted by Crippen LogP contribution is -2.65. The number of amides is 2. The highest BCUT2D eigenvalue weighted by Crippen LogP contribution is 2.39. The molecule has 2 aromatic carbocycles. The van der Waals surface area contributed by atoms with Gasteiger partial charge >= 0.3 is 0 Å². The van der Waals surface area contributed by atoms with Crippen LogP contribution in [0.2, 0.25) is 5.02 Å². The van der Waals surface area contributed by atoms with E-state index in [-0.39, 0.29) is 41.9 Å². The Hall–Kier alpha value is -2.45. The van der Waals surface area contributed by atoms with Gasteiger partial charge in [0.1, 0.15) is 6.17 Å². The summed E-state index contributed by atoms with van der Waals surface area (Å²) < 4.78 is 0. The molecule has 8 heteroatoms. The normalized spacial score (nSPS) is 30.2. The highest BCUT2D eigenvalue weighted by Gasteiger charge is 2.51. The molecule has 2 aromatic rings. The predicted octanol–water partition coefficient (Wildman–Crippen LogP) is 2.26.